The Labute approximate surface area is 95.3 Å². The van der Waals surface area contributed by atoms with Gasteiger partial charge in [-0.15, -0.1) is 0 Å². The summed E-state index contributed by atoms with van der Waals surface area (Å²) >= 11 is 0. The van der Waals surface area contributed by atoms with Crippen molar-refractivity contribution in [1.82, 2.24) is 5.32 Å². The van der Waals surface area contributed by atoms with Crippen LogP contribution in [0, 0.1) is 0 Å². The van der Waals surface area contributed by atoms with Gasteiger partial charge in [0.2, 0.25) is 0 Å². The van der Waals surface area contributed by atoms with Crippen LogP contribution in [0.15, 0.2) is 12.2 Å². The summed E-state index contributed by atoms with van der Waals surface area (Å²) in [6.07, 6.45) is 5.86. The average molecular weight is 212 g/mol. The largest absolute Gasteiger partial charge is 0.330 e. The summed E-state index contributed by atoms with van der Waals surface area (Å²) in [4.78, 5) is 0. The number of hydrogen-bond acceptors (Lipinski definition) is 2. The number of hydrogen-bond donors (Lipinski definition) is 2. The quantitative estimate of drug-likeness (QED) is 0.455. The molecule has 0 spiro atoms. The minimum absolute atomic E-state index is 0.0821. The van der Waals surface area contributed by atoms with Gasteiger partial charge in [0.05, 0.1) is 0 Å². The van der Waals surface area contributed by atoms with Gasteiger partial charge in [0.15, 0.2) is 0 Å². The Morgan fingerprint density at radius 2 is 1.93 bits per heavy atom. The zero-order chi connectivity index (χ0) is 11.7. The smallest absolute Gasteiger partial charge is 0.0334 e. The minimum Gasteiger partial charge on any atom is -0.330 e. The van der Waals surface area contributed by atoms with Crippen molar-refractivity contribution >= 4 is 0 Å². The molecule has 0 saturated heterocycles. The Kier molecular flexibility index (Phi) is 7.71. The van der Waals surface area contributed by atoms with Crippen LogP contribution in [0.25, 0.3) is 0 Å². The summed E-state index contributed by atoms with van der Waals surface area (Å²) in [6.45, 7) is 12.7. The van der Waals surface area contributed by atoms with Gasteiger partial charge in [-0.3, -0.25) is 0 Å². The van der Waals surface area contributed by atoms with E-state index in [0.29, 0.717) is 0 Å². The maximum atomic E-state index is 5.46. The molecule has 0 aromatic heterocycles. The highest BCUT2D eigenvalue weighted by molar-refractivity contribution is 5.12. The van der Waals surface area contributed by atoms with Gasteiger partial charge in [0.1, 0.15) is 0 Å². The monoisotopic (exact) mass is 212 g/mol. The lowest BCUT2D eigenvalue weighted by atomic mass is 9.91. The molecule has 0 bridgehead atoms. The fraction of sp³-hybridized carbons (Fsp3) is 0.846. The van der Waals surface area contributed by atoms with Gasteiger partial charge in [-0.2, -0.15) is 0 Å². The first kappa shape index (κ1) is 14.7. The van der Waals surface area contributed by atoms with E-state index in [1.54, 1.807) is 0 Å². The number of unbranched alkanes of at least 4 members (excludes halogenated alkanes) is 2. The molecule has 0 aliphatic carbocycles. The molecule has 2 nitrogen and oxygen atoms in total. The average Bonchev–Trinajstić information content (AvgIpc) is 2.21. The first-order valence-electron chi connectivity index (χ1n) is 6.18. The topological polar surface area (TPSA) is 38.0 Å². The van der Waals surface area contributed by atoms with E-state index in [1.165, 1.54) is 24.8 Å². The third kappa shape index (κ3) is 6.69. The highest BCUT2D eigenvalue weighted by Gasteiger charge is 2.19. The molecule has 3 N–H and O–H groups in total. The molecule has 0 aromatic carbocycles. The standard InChI is InChI=1S/C13H28N2/c1-5-11-15-13(3,4)12(2)9-7-6-8-10-14/h15H,2,5-11,14H2,1,3-4H3. The maximum Gasteiger partial charge on any atom is 0.0334 e. The van der Waals surface area contributed by atoms with Crippen molar-refractivity contribution in [2.45, 2.75) is 58.4 Å². The van der Waals surface area contributed by atoms with E-state index in [2.05, 4.69) is 32.7 Å². The van der Waals surface area contributed by atoms with Crippen molar-refractivity contribution in [1.29, 1.82) is 0 Å². The van der Waals surface area contributed by atoms with Crippen LogP contribution in [0.2, 0.25) is 0 Å². The second-order valence-electron chi connectivity index (χ2n) is 4.75. The van der Waals surface area contributed by atoms with Crippen molar-refractivity contribution in [2.75, 3.05) is 13.1 Å². The molecule has 0 aliphatic heterocycles. The second kappa shape index (κ2) is 7.89. The van der Waals surface area contributed by atoms with Crippen molar-refractivity contribution in [3.8, 4) is 0 Å². The van der Waals surface area contributed by atoms with Crippen LogP contribution in [0.1, 0.15) is 52.9 Å². The van der Waals surface area contributed by atoms with Crippen molar-refractivity contribution < 1.29 is 0 Å². The summed E-state index contributed by atoms with van der Waals surface area (Å²) in [7, 11) is 0. The molecule has 2 heteroatoms. The molecule has 0 unspecified atom stereocenters. The van der Waals surface area contributed by atoms with Crippen LogP contribution in [-0.4, -0.2) is 18.6 Å². The summed E-state index contributed by atoms with van der Waals surface area (Å²) < 4.78 is 0. The molecular formula is C13H28N2. The molecule has 0 amide bonds. The van der Waals surface area contributed by atoms with E-state index in [-0.39, 0.29) is 5.54 Å². The molecule has 0 fully saturated rings. The predicted octanol–water partition coefficient (Wildman–Crippen LogP) is 2.84. The van der Waals surface area contributed by atoms with Crippen LogP contribution >= 0.6 is 0 Å². The molecule has 0 atom stereocenters. The van der Waals surface area contributed by atoms with E-state index in [9.17, 15) is 0 Å². The van der Waals surface area contributed by atoms with Crippen LogP contribution in [0.3, 0.4) is 0 Å². The van der Waals surface area contributed by atoms with Crippen LogP contribution in [0.4, 0.5) is 0 Å². The zero-order valence-electron chi connectivity index (χ0n) is 10.7. The van der Waals surface area contributed by atoms with E-state index < -0.39 is 0 Å². The van der Waals surface area contributed by atoms with Gasteiger partial charge in [-0.1, -0.05) is 25.5 Å². The number of rotatable bonds is 9. The van der Waals surface area contributed by atoms with Crippen LogP contribution in [0.5, 0.6) is 0 Å². The summed E-state index contributed by atoms with van der Waals surface area (Å²) in [6, 6.07) is 0. The Morgan fingerprint density at radius 1 is 1.27 bits per heavy atom. The van der Waals surface area contributed by atoms with E-state index in [1.807, 2.05) is 0 Å². The van der Waals surface area contributed by atoms with E-state index in [0.717, 1.165) is 25.9 Å². The maximum absolute atomic E-state index is 5.46. The third-order valence-corrected chi connectivity index (χ3v) is 2.88. The second-order valence-corrected chi connectivity index (χ2v) is 4.75. The van der Waals surface area contributed by atoms with Crippen molar-refractivity contribution in [2.24, 2.45) is 5.73 Å². The normalized spacial score (nSPS) is 11.7. The number of nitrogens with two attached hydrogens (primary N) is 1. The first-order valence-corrected chi connectivity index (χ1v) is 6.18. The van der Waals surface area contributed by atoms with Crippen molar-refractivity contribution in [3.05, 3.63) is 12.2 Å². The molecule has 0 heterocycles. The molecular weight excluding hydrogens is 184 g/mol. The molecule has 0 aromatic rings. The van der Waals surface area contributed by atoms with Crippen molar-refractivity contribution in [3.63, 3.8) is 0 Å². The lowest BCUT2D eigenvalue weighted by molar-refractivity contribution is 0.434. The minimum atomic E-state index is 0.0821. The SMILES string of the molecule is C=C(CCCCCN)C(C)(C)NCCC. The molecule has 0 saturated carbocycles. The van der Waals surface area contributed by atoms with Gasteiger partial charge in [0.25, 0.3) is 0 Å². The molecule has 0 radical (unpaired) electrons. The predicted molar refractivity (Wildman–Crippen MR) is 69.0 cm³/mol. The molecule has 0 rings (SSSR count). The van der Waals surface area contributed by atoms with E-state index >= 15 is 0 Å². The summed E-state index contributed by atoms with van der Waals surface area (Å²) in [5.41, 5.74) is 6.86. The summed E-state index contributed by atoms with van der Waals surface area (Å²) in [5, 5.41) is 3.53. The van der Waals surface area contributed by atoms with Gasteiger partial charge in [-0.25, -0.2) is 0 Å². The molecule has 0 aliphatic rings. The fourth-order valence-electron chi connectivity index (χ4n) is 1.53. The zero-order valence-corrected chi connectivity index (χ0v) is 10.7. The molecule has 90 valence electrons. The Morgan fingerprint density at radius 3 is 2.47 bits per heavy atom. The Balaban J connectivity index is 3.75. The number of nitrogens with one attached hydrogen (secondary N) is 1. The third-order valence-electron chi connectivity index (χ3n) is 2.88. The highest BCUT2D eigenvalue weighted by atomic mass is 14.9. The lowest BCUT2D eigenvalue weighted by Gasteiger charge is -2.29. The highest BCUT2D eigenvalue weighted by Crippen LogP contribution is 2.20. The van der Waals surface area contributed by atoms with Crippen LogP contribution < -0.4 is 11.1 Å². The first-order chi connectivity index (χ1) is 7.04. The van der Waals surface area contributed by atoms with E-state index in [4.69, 9.17) is 5.73 Å². The van der Waals surface area contributed by atoms with Gasteiger partial charge < -0.3 is 11.1 Å². The fourth-order valence-corrected chi connectivity index (χ4v) is 1.53. The van der Waals surface area contributed by atoms with Gasteiger partial charge >= 0.3 is 0 Å². The summed E-state index contributed by atoms with van der Waals surface area (Å²) in [5.74, 6) is 0. The Hall–Kier alpha value is -0.340. The van der Waals surface area contributed by atoms with Crippen LogP contribution in [-0.2, 0) is 0 Å². The van der Waals surface area contributed by atoms with Gasteiger partial charge in [0, 0.05) is 5.54 Å². The molecule has 15 heavy (non-hydrogen) atoms. The lowest BCUT2D eigenvalue weighted by Crippen LogP contribution is -2.41. The Bertz CT molecular complexity index is 173. The van der Waals surface area contributed by atoms with Gasteiger partial charge in [-0.05, 0) is 52.6 Å².